The number of likely N-dealkylation sites (tertiary alicyclic amines) is 1. The molecule has 0 spiro atoms. The van der Waals surface area contributed by atoms with Gasteiger partial charge in [-0.3, -0.25) is 0 Å². The average molecular weight is 256 g/mol. The summed E-state index contributed by atoms with van der Waals surface area (Å²) in [6.07, 6.45) is 0. The largest absolute Gasteiger partial charge is 0.480 e. The first-order chi connectivity index (χ1) is 8.12. The zero-order valence-corrected chi connectivity index (χ0v) is 11.9. The standard InChI is InChI=1S/C13H24N2O3/c1-8-6-15(7-9(8)2)12(18)14-10(11(16)17)13(3,4)5/h8-10H,6-7H2,1-5H3,(H,14,18)(H,16,17). The minimum Gasteiger partial charge on any atom is -0.480 e. The Labute approximate surface area is 109 Å². The van der Waals surface area contributed by atoms with Crippen molar-refractivity contribution in [3.05, 3.63) is 0 Å². The number of carbonyl (C=O) groups is 2. The van der Waals surface area contributed by atoms with Crippen molar-refractivity contribution in [2.24, 2.45) is 17.3 Å². The summed E-state index contributed by atoms with van der Waals surface area (Å²) in [6.45, 7) is 11.0. The first-order valence-electron chi connectivity index (χ1n) is 6.41. The van der Waals surface area contributed by atoms with Crippen molar-refractivity contribution in [1.29, 1.82) is 0 Å². The van der Waals surface area contributed by atoms with Crippen LogP contribution in [0.1, 0.15) is 34.6 Å². The van der Waals surface area contributed by atoms with Crippen molar-refractivity contribution in [3.8, 4) is 0 Å². The third-order valence-electron chi connectivity index (χ3n) is 3.66. The molecule has 3 atom stereocenters. The molecule has 1 saturated heterocycles. The Morgan fingerprint density at radius 3 is 2.00 bits per heavy atom. The fourth-order valence-electron chi connectivity index (χ4n) is 2.16. The molecule has 0 aromatic heterocycles. The average Bonchev–Trinajstić information content (AvgIpc) is 2.53. The van der Waals surface area contributed by atoms with Crippen LogP contribution in [0.3, 0.4) is 0 Å². The molecule has 104 valence electrons. The van der Waals surface area contributed by atoms with Gasteiger partial charge in [0, 0.05) is 13.1 Å². The summed E-state index contributed by atoms with van der Waals surface area (Å²) in [6, 6.07) is -1.13. The van der Waals surface area contributed by atoms with Gasteiger partial charge in [0.1, 0.15) is 6.04 Å². The van der Waals surface area contributed by atoms with E-state index in [-0.39, 0.29) is 6.03 Å². The monoisotopic (exact) mass is 256 g/mol. The number of hydrogen-bond donors (Lipinski definition) is 2. The van der Waals surface area contributed by atoms with Crippen LogP contribution in [0.5, 0.6) is 0 Å². The van der Waals surface area contributed by atoms with Gasteiger partial charge in [0.15, 0.2) is 0 Å². The van der Waals surface area contributed by atoms with Gasteiger partial charge in [-0.15, -0.1) is 0 Å². The van der Waals surface area contributed by atoms with E-state index in [9.17, 15) is 14.7 Å². The Morgan fingerprint density at radius 1 is 1.22 bits per heavy atom. The second-order valence-corrected chi connectivity index (χ2v) is 6.45. The maximum Gasteiger partial charge on any atom is 0.326 e. The predicted octanol–water partition coefficient (Wildman–Crippen LogP) is 1.78. The second kappa shape index (κ2) is 5.16. The van der Waals surface area contributed by atoms with E-state index in [1.807, 2.05) is 0 Å². The SMILES string of the molecule is CC1CN(C(=O)NC(C(=O)O)C(C)(C)C)CC1C. The molecule has 1 heterocycles. The van der Waals surface area contributed by atoms with Crippen LogP contribution in [0.25, 0.3) is 0 Å². The molecule has 2 N–H and O–H groups in total. The van der Waals surface area contributed by atoms with E-state index in [1.165, 1.54) is 0 Å². The molecule has 0 bridgehead atoms. The third kappa shape index (κ3) is 3.37. The lowest BCUT2D eigenvalue weighted by atomic mass is 9.87. The van der Waals surface area contributed by atoms with Gasteiger partial charge in [0.2, 0.25) is 0 Å². The van der Waals surface area contributed by atoms with E-state index < -0.39 is 17.4 Å². The van der Waals surface area contributed by atoms with Crippen LogP contribution >= 0.6 is 0 Å². The molecule has 5 heteroatoms. The van der Waals surface area contributed by atoms with Crippen molar-refractivity contribution in [2.45, 2.75) is 40.7 Å². The number of rotatable bonds is 2. The van der Waals surface area contributed by atoms with E-state index in [2.05, 4.69) is 19.2 Å². The Balaban J connectivity index is 2.66. The number of aliphatic carboxylic acids is 1. The highest BCUT2D eigenvalue weighted by molar-refractivity contribution is 5.83. The summed E-state index contributed by atoms with van der Waals surface area (Å²) in [5.74, 6) is -0.0570. The number of nitrogens with zero attached hydrogens (tertiary/aromatic N) is 1. The molecule has 0 saturated carbocycles. The van der Waals surface area contributed by atoms with E-state index in [0.717, 1.165) is 0 Å². The molecule has 0 aromatic carbocycles. The molecule has 1 rings (SSSR count). The van der Waals surface area contributed by atoms with Gasteiger partial charge in [-0.1, -0.05) is 34.6 Å². The number of nitrogens with one attached hydrogen (secondary N) is 1. The smallest absolute Gasteiger partial charge is 0.326 e. The van der Waals surface area contributed by atoms with Crippen molar-refractivity contribution in [1.82, 2.24) is 10.2 Å². The number of carbonyl (C=O) groups excluding carboxylic acids is 1. The van der Waals surface area contributed by atoms with Gasteiger partial charge >= 0.3 is 12.0 Å². The number of hydrogen-bond acceptors (Lipinski definition) is 2. The van der Waals surface area contributed by atoms with Crippen molar-refractivity contribution < 1.29 is 14.7 Å². The molecule has 1 fully saturated rings. The topological polar surface area (TPSA) is 69.6 Å². The van der Waals surface area contributed by atoms with Gasteiger partial charge in [-0.25, -0.2) is 9.59 Å². The normalized spacial score (nSPS) is 25.9. The summed E-state index contributed by atoms with van der Waals surface area (Å²) in [5, 5.41) is 11.8. The summed E-state index contributed by atoms with van der Waals surface area (Å²) < 4.78 is 0. The summed E-state index contributed by atoms with van der Waals surface area (Å²) in [4.78, 5) is 24.9. The van der Waals surface area contributed by atoms with E-state index >= 15 is 0 Å². The lowest BCUT2D eigenvalue weighted by Gasteiger charge is -2.29. The first kappa shape index (κ1) is 14.8. The van der Waals surface area contributed by atoms with Gasteiger partial charge in [0.25, 0.3) is 0 Å². The highest BCUT2D eigenvalue weighted by Crippen LogP contribution is 2.23. The highest BCUT2D eigenvalue weighted by Gasteiger charge is 2.36. The molecule has 2 amide bonds. The van der Waals surface area contributed by atoms with E-state index in [1.54, 1.807) is 25.7 Å². The molecule has 0 aromatic rings. The summed E-state index contributed by atoms with van der Waals surface area (Å²) in [7, 11) is 0. The minimum absolute atomic E-state index is 0.270. The Bertz CT molecular complexity index is 326. The summed E-state index contributed by atoms with van der Waals surface area (Å²) in [5.41, 5.74) is -0.502. The minimum atomic E-state index is -0.990. The zero-order chi connectivity index (χ0) is 14.1. The van der Waals surface area contributed by atoms with Crippen molar-refractivity contribution in [3.63, 3.8) is 0 Å². The zero-order valence-electron chi connectivity index (χ0n) is 11.9. The molecule has 3 unspecified atom stereocenters. The maximum atomic E-state index is 12.0. The van der Waals surface area contributed by atoms with E-state index in [4.69, 9.17) is 0 Å². The molecule has 0 radical (unpaired) electrons. The van der Waals surface area contributed by atoms with Crippen molar-refractivity contribution in [2.75, 3.05) is 13.1 Å². The predicted molar refractivity (Wildman–Crippen MR) is 69.3 cm³/mol. The molecule has 1 aliphatic heterocycles. The van der Waals surface area contributed by atoms with Crippen LogP contribution in [0.4, 0.5) is 4.79 Å². The van der Waals surface area contributed by atoms with Gasteiger partial charge in [0.05, 0.1) is 0 Å². The molecule has 1 aliphatic rings. The molecular weight excluding hydrogens is 232 g/mol. The quantitative estimate of drug-likeness (QED) is 0.791. The van der Waals surface area contributed by atoms with Crippen LogP contribution in [0.2, 0.25) is 0 Å². The second-order valence-electron chi connectivity index (χ2n) is 6.45. The van der Waals surface area contributed by atoms with Crippen LogP contribution in [-0.4, -0.2) is 41.1 Å². The van der Waals surface area contributed by atoms with Crippen molar-refractivity contribution >= 4 is 12.0 Å². The highest BCUT2D eigenvalue weighted by atomic mass is 16.4. The lowest BCUT2D eigenvalue weighted by Crippen LogP contribution is -2.53. The molecule has 0 aliphatic carbocycles. The first-order valence-corrected chi connectivity index (χ1v) is 6.41. The Hall–Kier alpha value is -1.26. The van der Waals surface area contributed by atoms with E-state index in [0.29, 0.717) is 24.9 Å². The third-order valence-corrected chi connectivity index (χ3v) is 3.66. The Morgan fingerprint density at radius 2 is 1.67 bits per heavy atom. The Kier molecular flexibility index (Phi) is 4.24. The number of urea groups is 1. The van der Waals surface area contributed by atoms with Gasteiger partial charge < -0.3 is 15.3 Å². The molecule has 18 heavy (non-hydrogen) atoms. The van der Waals surface area contributed by atoms with Crippen LogP contribution in [-0.2, 0) is 4.79 Å². The number of carboxylic acids is 1. The number of amides is 2. The maximum absolute atomic E-state index is 12.0. The fourth-order valence-corrected chi connectivity index (χ4v) is 2.16. The molecular formula is C13H24N2O3. The lowest BCUT2D eigenvalue weighted by molar-refractivity contribution is -0.142. The number of carboxylic acid groups (broad SMARTS) is 1. The van der Waals surface area contributed by atoms with Gasteiger partial charge in [-0.2, -0.15) is 0 Å². The summed E-state index contributed by atoms with van der Waals surface area (Å²) >= 11 is 0. The van der Waals surface area contributed by atoms with Crippen LogP contribution in [0, 0.1) is 17.3 Å². The molecule has 5 nitrogen and oxygen atoms in total. The van der Waals surface area contributed by atoms with Gasteiger partial charge in [-0.05, 0) is 17.3 Å². The van der Waals surface area contributed by atoms with Crippen LogP contribution < -0.4 is 5.32 Å². The van der Waals surface area contributed by atoms with Crippen LogP contribution in [0.15, 0.2) is 0 Å². The fraction of sp³-hybridized carbons (Fsp3) is 0.846.